The molecule has 2 aromatic carbocycles. The summed E-state index contributed by atoms with van der Waals surface area (Å²) in [6.07, 6.45) is 0. The summed E-state index contributed by atoms with van der Waals surface area (Å²) in [4.78, 5) is 11.7. The average molecular weight is 295 g/mol. The number of aliphatic hydroxyl groups excluding tert-OH is 1. The number of amides is 1. The Bertz CT molecular complexity index is 657. The maximum Gasteiger partial charge on any atom is 0.254 e. The second-order valence-corrected chi connectivity index (χ2v) is 4.38. The summed E-state index contributed by atoms with van der Waals surface area (Å²) in [6.45, 7) is 0.00961. The topological polar surface area (TPSA) is 49.3 Å². The Kier molecular flexibility index (Phi) is 4.59. The predicted molar refractivity (Wildman–Crippen MR) is 69.9 cm³/mol. The van der Waals surface area contributed by atoms with Gasteiger partial charge in [-0.3, -0.25) is 4.79 Å². The van der Waals surface area contributed by atoms with Crippen molar-refractivity contribution in [2.75, 3.05) is 0 Å². The zero-order valence-electron chi connectivity index (χ0n) is 10.9. The summed E-state index contributed by atoms with van der Waals surface area (Å²) in [5.41, 5.74) is 0.890. The van der Waals surface area contributed by atoms with Crippen molar-refractivity contribution in [3.63, 3.8) is 0 Å². The molecule has 0 aliphatic heterocycles. The van der Waals surface area contributed by atoms with E-state index in [-0.39, 0.29) is 13.2 Å². The van der Waals surface area contributed by atoms with Gasteiger partial charge in [-0.05, 0) is 23.3 Å². The first-order valence-corrected chi connectivity index (χ1v) is 6.13. The molecule has 2 rings (SSSR count). The standard InChI is InChI=1S/C15H12F3NO2/c16-12-6-5-11(13(17)14(12)18)15(21)19-7-9-1-3-10(8-20)4-2-9/h1-6,20H,7-8H2,(H,19,21). The maximum absolute atomic E-state index is 13.4. The number of rotatable bonds is 4. The van der Waals surface area contributed by atoms with Gasteiger partial charge in [0.05, 0.1) is 12.2 Å². The number of aliphatic hydroxyl groups is 1. The molecule has 0 radical (unpaired) electrons. The first-order valence-electron chi connectivity index (χ1n) is 6.13. The van der Waals surface area contributed by atoms with Gasteiger partial charge in [0.15, 0.2) is 17.5 Å². The van der Waals surface area contributed by atoms with Crippen LogP contribution in [0.15, 0.2) is 36.4 Å². The molecule has 0 unspecified atom stereocenters. The number of hydrogen-bond donors (Lipinski definition) is 2. The Hall–Kier alpha value is -2.34. The molecule has 21 heavy (non-hydrogen) atoms. The molecule has 0 aliphatic rings. The summed E-state index contributed by atoms with van der Waals surface area (Å²) in [7, 11) is 0. The Morgan fingerprint density at radius 1 is 0.952 bits per heavy atom. The first kappa shape index (κ1) is 15.1. The van der Waals surface area contributed by atoms with Gasteiger partial charge in [0.2, 0.25) is 0 Å². The monoisotopic (exact) mass is 295 g/mol. The van der Waals surface area contributed by atoms with E-state index in [2.05, 4.69) is 5.32 Å². The fraction of sp³-hybridized carbons (Fsp3) is 0.133. The van der Waals surface area contributed by atoms with Crippen LogP contribution in [0.5, 0.6) is 0 Å². The molecule has 0 saturated heterocycles. The molecular weight excluding hydrogens is 283 g/mol. The fourth-order valence-electron chi connectivity index (χ4n) is 1.74. The van der Waals surface area contributed by atoms with Gasteiger partial charge in [-0.25, -0.2) is 13.2 Å². The predicted octanol–water partition coefficient (Wildman–Crippen LogP) is 2.53. The number of benzene rings is 2. The summed E-state index contributed by atoms with van der Waals surface area (Å²) < 4.78 is 39.3. The lowest BCUT2D eigenvalue weighted by Gasteiger charge is -2.07. The van der Waals surface area contributed by atoms with E-state index in [9.17, 15) is 18.0 Å². The molecule has 1 amide bonds. The number of hydrogen-bond acceptors (Lipinski definition) is 2. The van der Waals surface area contributed by atoms with Crippen molar-refractivity contribution in [1.82, 2.24) is 5.32 Å². The van der Waals surface area contributed by atoms with Crippen LogP contribution in [0.1, 0.15) is 21.5 Å². The number of halogens is 3. The van der Waals surface area contributed by atoms with E-state index in [1.807, 2.05) is 0 Å². The van der Waals surface area contributed by atoms with E-state index in [1.54, 1.807) is 24.3 Å². The smallest absolute Gasteiger partial charge is 0.254 e. The molecule has 2 aromatic rings. The van der Waals surface area contributed by atoms with Crippen LogP contribution in [0.25, 0.3) is 0 Å². The lowest BCUT2D eigenvalue weighted by Crippen LogP contribution is -2.24. The number of carbonyl (C=O) groups excluding carboxylic acids is 1. The molecule has 2 N–H and O–H groups in total. The largest absolute Gasteiger partial charge is 0.392 e. The summed E-state index contributed by atoms with van der Waals surface area (Å²) >= 11 is 0. The fourth-order valence-corrected chi connectivity index (χ4v) is 1.74. The minimum atomic E-state index is -1.67. The van der Waals surface area contributed by atoms with Crippen LogP contribution in [0, 0.1) is 17.5 Å². The minimum Gasteiger partial charge on any atom is -0.392 e. The maximum atomic E-state index is 13.4. The highest BCUT2D eigenvalue weighted by Gasteiger charge is 2.18. The molecule has 110 valence electrons. The number of nitrogens with one attached hydrogen (secondary N) is 1. The molecule has 0 aromatic heterocycles. The van der Waals surface area contributed by atoms with Crippen molar-refractivity contribution >= 4 is 5.91 Å². The molecule has 6 heteroatoms. The van der Waals surface area contributed by atoms with E-state index in [4.69, 9.17) is 5.11 Å². The van der Waals surface area contributed by atoms with Gasteiger partial charge in [-0.1, -0.05) is 24.3 Å². The van der Waals surface area contributed by atoms with Gasteiger partial charge in [0.1, 0.15) is 0 Å². The third kappa shape index (κ3) is 3.41. The highest BCUT2D eigenvalue weighted by Crippen LogP contribution is 2.15. The molecule has 0 heterocycles. The van der Waals surface area contributed by atoms with E-state index in [0.717, 1.165) is 17.2 Å². The van der Waals surface area contributed by atoms with Crippen LogP contribution in [0.2, 0.25) is 0 Å². The van der Waals surface area contributed by atoms with Crippen molar-refractivity contribution in [2.45, 2.75) is 13.2 Å². The molecule has 0 saturated carbocycles. The van der Waals surface area contributed by atoms with Crippen molar-refractivity contribution in [2.24, 2.45) is 0 Å². The summed E-state index contributed by atoms with van der Waals surface area (Å²) in [6, 6.07) is 8.32. The Morgan fingerprint density at radius 3 is 2.19 bits per heavy atom. The van der Waals surface area contributed by atoms with Crippen LogP contribution in [-0.4, -0.2) is 11.0 Å². The Labute approximate surface area is 119 Å². The molecule has 0 spiro atoms. The van der Waals surface area contributed by atoms with E-state index >= 15 is 0 Å². The van der Waals surface area contributed by atoms with Crippen molar-refractivity contribution in [3.8, 4) is 0 Å². The van der Waals surface area contributed by atoms with Gasteiger partial charge >= 0.3 is 0 Å². The molecule has 0 atom stereocenters. The lowest BCUT2D eigenvalue weighted by molar-refractivity contribution is 0.0945. The van der Waals surface area contributed by atoms with Gasteiger partial charge in [0, 0.05) is 6.54 Å². The van der Waals surface area contributed by atoms with Crippen molar-refractivity contribution in [3.05, 3.63) is 70.5 Å². The minimum absolute atomic E-state index is 0.0906. The second-order valence-electron chi connectivity index (χ2n) is 4.38. The zero-order chi connectivity index (χ0) is 15.4. The summed E-state index contributed by atoms with van der Waals surface area (Å²) in [5, 5.41) is 11.3. The van der Waals surface area contributed by atoms with Crippen LogP contribution in [0.4, 0.5) is 13.2 Å². The third-order valence-electron chi connectivity index (χ3n) is 2.94. The quantitative estimate of drug-likeness (QED) is 0.852. The molecular formula is C15H12F3NO2. The SMILES string of the molecule is O=C(NCc1ccc(CO)cc1)c1ccc(F)c(F)c1F. The molecule has 0 fully saturated rings. The Morgan fingerprint density at radius 2 is 1.57 bits per heavy atom. The Balaban J connectivity index is 2.06. The van der Waals surface area contributed by atoms with E-state index in [0.29, 0.717) is 6.07 Å². The zero-order valence-corrected chi connectivity index (χ0v) is 10.9. The molecule has 0 aliphatic carbocycles. The van der Waals surface area contributed by atoms with Crippen LogP contribution < -0.4 is 5.32 Å². The van der Waals surface area contributed by atoms with Crippen LogP contribution >= 0.6 is 0 Å². The third-order valence-corrected chi connectivity index (χ3v) is 2.94. The van der Waals surface area contributed by atoms with E-state index < -0.39 is 28.9 Å². The average Bonchev–Trinajstić information content (AvgIpc) is 2.51. The van der Waals surface area contributed by atoms with Crippen LogP contribution in [-0.2, 0) is 13.2 Å². The summed E-state index contributed by atoms with van der Waals surface area (Å²) in [5.74, 6) is -5.36. The van der Waals surface area contributed by atoms with Crippen LogP contribution in [0.3, 0.4) is 0 Å². The number of carbonyl (C=O) groups is 1. The first-order chi connectivity index (χ1) is 10.0. The van der Waals surface area contributed by atoms with Gasteiger partial charge < -0.3 is 10.4 Å². The highest BCUT2D eigenvalue weighted by molar-refractivity contribution is 5.94. The van der Waals surface area contributed by atoms with E-state index in [1.165, 1.54) is 0 Å². The van der Waals surface area contributed by atoms with Crippen molar-refractivity contribution in [1.29, 1.82) is 0 Å². The lowest BCUT2D eigenvalue weighted by atomic mass is 10.1. The normalized spacial score (nSPS) is 10.5. The second kappa shape index (κ2) is 6.41. The molecule has 0 bridgehead atoms. The van der Waals surface area contributed by atoms with Gasteiger partial charge in [0.25, 0.3) is 5.91 Å². The van der Waals surface area contributed by atoms with Gasteiger partial charge in [-0.2, -0.15) is 0 Å². The van der Waals surface area contributed by atoms with Crippen molar-refractivity contribution < 1.29 is 23.1 Å². The van der Waals surface area contributed by atoms with Gasteiger partial charge in [-0.15, -0.1) is 0 Å². The molecule has 3 nitrogen and oxygen atoms in total. The highest BCUT2D eigenvalue weighted by atomic mass is 19.2.